The average Bonchev–Trinajstić information content (AvgIpc) is 3.21. The number of nitrogens with zero attached hydrogens (tertiary/aromatic N) is 7. The molecular formula is C17H18N8OS. The van der Waals surface area contributed by atoms with Crippen molar-refractivity contribution in [1.29, 1.82) is 0 Å². The Kier molecular flexibility index (Phi) is 4.08. The average molecular weight is 382 g/mol. The van der Waals surface area contributed by atoms with Crippen molar-refractivity contribution < 1.29 is 5.11 Å². The first kappa shape index (κ1) is 17.4. The van der Waals surface area contributed by atoms with E-state index in [-0.39, 0.29) is 5.95 Å². The Bertz CT molecular complexity index is 1130. The highest BCUT2D eigenvalue weighted by Crippen LogP contribution is 2.30. The summed E-state index contributed by atoms with van der Waals surface area (Å²) in [7, 11) is 0. The van der Waals surface area contributed by atoms with Crippen LogP contribution in [-0.4, -0.2) is 39.4 Å². The van der Waals surface area contributed by atoms with Gasteiger partial charge in [-0.15, -0.1) is 5.10 Å². The van der Waals surface area contributed by atoms with Gasteiger partial charge in [-0.1, -0.05) is 11.3 Å². The van der Waals surface area contributed by atoms with Gasteiger partial charge < -0.3 is 10.8 Å². The molecule has 4 rings (SSSR count). The van der Waals surface area contributed by atoms with Crippen LogP contribution in [0.5, 0.6) is 0 Å². The van der Waals surface area contributed by atoms with E-state index in [1.54, 1.807) is 30.8 Å². The van der Waals surface area contributed by atoms with E-state index in [4.69, 9.17) is 5.73 Å². The van der Waals surface area contributed by atoms with Crippen LogP contribution in [0, 0.1) is 6.92 Å². The highest BCUT2D eigenvalue weighted by molar-refractivity contribution is 7.13. The Morgan fingerprint density at radius 2 is 2.04 bits per heavy atom. The smallest absolute Gasteiger partial charge is 0.222 e. The van der Waals surface area contributed by atoms with Gasteiger partial charge in [0.05, 0.1) is 35.2 Å². The normalized spacial score (nSPS) is 12.0. The number of anilines is 1. The van der Waals surface area contributed by atoms with Crippen LogP contribution in [0.15, 0.2) is 24.4 Å². The predicted molar refractivity (Wildman–Crippen MR) is 102 cm³/mol. The van der Waals surface area contributed by atoms with Crippen molar-refractivity contribution >= 4 is 27.7 Å². The van der Waals surface area contributed by atoms with Gasteiger partial charge in [0.2, 0.25) is 5.95 Å². The van der Waals surface area contributed by atoms with E-state index in [1.807, 2.05) is 19.1 Å². The molecule has 138 valence electrons. The van der Waals surface area contributed by atoms with Gasteiger partial charge in [0.25, 0.3) is 0 Å². The number of aliphatic hydroxyl groups is 1. The number of pyridine rings is 1. The molecule has 3 N–H and O–H groups in total. The monoisotopic (exact) mass is 382 g/mol. The summed E-state index contributed by atoms with van der Waals surface area (Å²) in [5.41, 5.74) is 8.24. The number of nitrogen functional groups attached to an aromatic ring is 1. The topological polar surface area (TPSA) is 129 Å². The zero-order chi connectivity index (χ0) is 19.2. The van der Waals surface area contributed by atoms with E-state index < -0.39 is 5.60 Å². The molecule has 0 saturated heterocycles. The third kappa shape index (κ3) is 3.36. The second kappa shape index (κ2) is 6.32. The van der Waals surface area contributed by atoms with Crippen LogP contribution in [0.2, 0.25) is 0 Å². The molecule has 0 fully saturated rings. The van der Waals surface area contributed by atoms with Gasteiger partial charge in [-0.05, 0) is 44.4 Å². The Morgan fingerprint density at radius 1 is 1.22 bits per heavy atom. The molecule has 4 heterocycles. The zero-order valence-corrected chi connectivity index (χ0v) is 15.9. The maximum absolute atomic E-state index is 10.1. The summed E-state index contributed by atoms with van der Waals surface area (Å²) in [4.78, 5) is 13.8. The lowest BCUT2D eigenvalue weighted by atomic mass is 10.0. The minimum Gasteiger partial charge on any atom is -0.384 e. The molecule has 0 spiro atoms. The van der Waals surface area contributed by atoms with E-state index in [0.29, 0.717) is 23.6 Å². The molecule has 0 saturated carbocycles. The highest BCUT2D eigenvalue weighted by Gasteiger charge is 2.19. The van der Waals surface area contributed by atoms with Crippen molar-refractivity contribution in [2.24, 2.45) is 0 Å². The Hall–Kier alpha value is -2.98. The molecule has 0 unspecified atom stereocenters. The molecule has 0 aliphatic heterocycles. The molecule has 4 aromatic heterocycles. The number of rotatable bonds is 4. The fraction of sp³-hybridized carbons (Fsp3) is 0.294. The van der Waals surface area contributed by atoms with Gasteiger partial charge in [0.15, 0.2) is 0 Å². The molecule has 0 radical (unpaired) electrons. The van der Waals surface area contributed by atoms with Gasteiger partial charge in [0.1, 0.15) is 21.8 Å². The largest absolute Gasteiger partial charge is 0.384 e. The maximum atomic E-state index is 10.1. The van der Waals surface area contributed by atoms with E-state index in [0.717, 1.165) is 21.6 Å². The first-order chi connectivity index (χ1) is 12.8. The van der Waals surface area contributed by atoms with E-state index in [1.165, 1.54) is 11.5 Å². The molecule has 4 aromatic rings. The van der Waals surface area contributed by atoms with Gasteiger partial charge >= 0.3 is 0 Å². The number of nitrogens with two attached hydrogens (primary N) is 1. The summed E-state index contributed by atoms with van der Waals surface area (Å²) in [5, 5.41) is 19.4. The molecule has 0 aliphatic rings. The van der Waals surface area contributed by atoms with Crippen molar-refractivity contribution in [1.82, 2.24) is 34.3 Å². The molecular weight excluding hydrogens is 364 g/mol. The van der Waals surface area contributed by atoms with Crippen LogP contribution in [0.3, 0.4) is 0 Å². The molecule has 9 nitrogen and oxygen atoms in total. The molecule has 0 aliphatic carbocycles. The standard InChI is InChI=1S/C17H18N8OS/c1-9-13-14(20-16(18)21-15(13)27-23-9)11-8-25(24-22-11)7-10-5-4-6-12(19-10)17(2,3)26/h4-6,8,26H,7H2,1-3H3,(H2,18,20,21). The SMILES string of the molecule is Cc1nsc2nc(N)nc(-c3cn(Cc4cccc(C(C)(C)O)n4)nn3)c12. The van der Waals surface area contributed by atoms with Crippen LogP contribution < -0.4 is 5.73 Å². The molecule has 10 heteroatoms. The molecule has 0 amide bonds. The quantitative estimate of drug-likeness (QED) is 0.548. The van der Waals surface area contributed by atoms with Crippen molar-refractivity contribution in [3.63, 3.8) is 0 Å². The van der Waals surface area contributed by atoms with Crippen LogP contribution >= 0.6 is 11.5 Å². The lowest BCUT2D eigenvalue weighted by Gasteiger charge is -2.17. The van der Waals surface area contributed by atoms with Crippen LogP contribution in [0.4, 0.5) is 5.95 Å². The second-order valence-corrected chi connectivity index (χ2v) is 7.50. The van der Waals surface area contributed by atoms with E-state index >= 15 is 0 Å². The van der Waals surface area contributed by atoms with Crippen molar-refractivity contribution in [3.8, 4) is 11.4 Å². The Balaban J connectivity index is 1.68. The van der Waals surface area contributed by atoms with Gasteiger partial charge in [-0.2, -0.15) is 4.37 Å². The highest BCUT2D eigenvalue weighted by atomic mass is 32.1. The van der Waals surface area contributed by atoms with Crippen molar-refractivity contribution in [3.05, 3.63) is 41.5 Å². The molecule has 27 heavy (non-hydrogen) atoms. The number of aromatic nitrogens is 7. The first-order valence-electron chi connectivity index (χ1n) is 8.30. The first-order valence-corrected chi connectivity index (χ1v) is 9.07. The van der Waals surface area contributed by atoms with E-state index in [2.05, 4.69) is 29.6 Å². The Morgan fingerprint density at radius 3 is 2.81 bits per heavy atom. The fourth-order valence-corrected chi connectivity index (χ4v) is 3.53. The van der Waals surface area contributed by atoms with Gasteiger partial charge in [0, 0.05) is 0 Å². The molecule has 0 aromatic carbocycles. The van der Waals surface area contributed by atoms with Crippen LogP contribution in [0.1, 0.15) is 30.9 Å². The predicted octanol–water partition coefficient (Wildman–Crippen LogP) is 1.91. The summed E-state index contributed by atoms with van der Waals surface area (Å²) in [5.74, 6) is 0.176. The van der Waals surface area contributed by atoms with E-state index in [9.17, 15) is 5.11 Å². The van der Waals surface area contributed by atoms with Gasteiger partial charge in [-0.25, -0.2) is 14.6 Å². The third-order valence-corrected chi connectivity index (χ3v) is 4.90. The van der Waals surface area contributed by atoms with Crippen molar-refractivity contribution in [2.75, 3.05) is 5.73 Å². The number of fused-ring (bicyclic) bond motifs is 1. The summed E-state index contributed by atoms with van der Waals surface area (Å²) < 4.78 is 6.00. The summed E-state index contributed by atoms with van der Waals surface area (Å²) in [6, 6.07) is 5.54. The minimum atomic E-state index is -1.00. The molecule has 0 bridgehead atoms. The van der Waals surface area contributed by atoms with Crippen LogP contribution in [0.25, 0.3) is 21.6 Å². The Labute approximate surface area is 159 Å². The second-order valence-electron chi connectivity index (χ2n) is 6.75. The van der Waals surface area contributed by atoms with Crippen LogP contribution in [-0.2, 0) is 12.1 Å². The lowest BCUT2D eigenvalue weighted by Crippen LogP contribution is -2.18. The number of hydrogen-bond acceptors (Lipinski definition) is 9. The third-order valence-electron chi connectivity index (χ3n) is 4.06. The zero-order valence-electron chi connectivity index (χ0n) is 15.1. The summed E-state index contributed by atoms with van der Waals surface area (Å²) in [6.45, 7) is 5.73. The van der Waals surface area contributed by atoms with Gasteiger partial charge in [-0.3, -0.25) is 4.98 Å². The van der Waals surface area contributed by atoms with Crippen molar-refractivity contribution in [2.45, 2.75) is 32.9 Å². The minimum absolute atomic E-state index is 0.176. The summed E-state index contributed by atoms with van der Waals surface area (Å²) >= 11 is 1.28. The molecule has 0 atom stereocenters. The maximum Gasteiger partial charge on any atom is 0.222 e. The lowest BCUT2D eigenvalue weighted by molar-refractivity contribution is 0.0736. The number of hydrogen-bond donors (Lipinski definition) is 2. The fourth-order valence-electron chi connectivity index (χ4n) is 2.75. The number of aryl methyl sites for hydroxylation is 1. The summed E-state index contributed by atoms with van der Waals surface area (Å²) in [6.07, 6.45) is 1.79.